The van der Waals surface area contributed by atoms with Gasteiger partial charge in [0.15, 0.2) is 0 Å². The molecule has 2 N–H and O–H groups in total. The molecule has 0 amide bonds. The monoisotopic (exact) mass is 166 g/mol. The van der Waals surface area contributed by atoms with Crippen molar-refractivity contribution < 1.29 is 0 Å². The fourth-order valence-electron chi connectivity index (χ4n) is 0.778. The molecule has 58 valence electrons. The van der Waals surface area contributed by atoms with Gasteiger partial charge in [0, 0.05) is 17.8 Å². The van der Waals surface area contributed by atoms with Crippen LogP contribution >= 0.6 is 12.2 Å². The van der Waals surface area contributed by atoms with Crippen molar-refractivity contribution >= 4 is 17.2 Å². The molecule has 0 aliphatic carbocycles. The first kappa shape index (κ1) is 8.14. The number of rotatable bonds is 2. The van der Waals surface area contributed by atoms with E-state index in [9.17, 15) is 0 Å². The van der Waals surface area contributed by atoms with Crippen molar-refractivity contribution in [3.05, 3.63) is 30.1 Å². The summed E-state index contributed by atoms with van der Waals surface area (Å²) in [5.74, 6) is 0.0752. The van der Waals surface area contributed by atoms with Crippen molar-refractivity contribution in [1.29, 1.82) is 0 Å². The van der Waals surface area contributed by atoms with Gasteiger partial charge in [0.2, 0.25) is 0 Å². The minimum atomic E-state index is 0.0752. The lowest BCUT2D eigenvalue weighted by atomic mass is 10.1. The van der Waals surface area contributed by atoms with Crippen LogP contribution in [0.3, 0.4) is 0 Å². The number of thiocarbonyl (C=S) groups is 1. The molecule has 1 atom stereocenters. The lowest BCUT2D eigenvalue weighted by Gasteiger charge is -2.06. The van der Waals surface area contributed by atoms with E-state index in [1.807, 2.05) is 25.1 Å². The van der Waals surface area contributed by atoms with E-state index >= 15 is 0 Å². The highest BCUT2D eigenvalue weighted by Crippen LogP contribution is 2.10. The lowest BCUT2D eigenvalue weighted by molar-refractivity contribution is 0.954. The smallest absolute Gasteiger partial charge is 0.0816 e. The SMILES string of the molecule is C[C@@H](C(N)=S)c1ccccn1. The normalized spacial score (nSPS) is 12.5. The number of nitrogens with zero attached hydrogens (tertiary/aromatic N) is 1. The summed E-state index contributed by atoms with van der Waals surface area (Å²) in [6.07, 6.45) is 1.74. The third kappa shape index (κ3) is 1.98. The second kappa shape index (κ2) is 3.44. The van der Waals surface area contributed by atoms with Gasteiger partial charge in [0.1, 0.15) is 0 Å². The molecule has 0 unspecified atom stereocenters. The third-order valence-corrected chi connectivity index (χ3v) is 1.91. The Labute approximate surface area is 71.4 Å². The first-order valence-electron chi connectivity index (χ1n) is 3.42. The number of hydrogen-bond donors (Lipinski definition) is 1. The predicted molar refractivity (Wildman–Crippen MR) is 49.4 cm³/mol. The molecule has 2 nitrogen and oxygen atoms in total. The molecule has 0 saturated heterocycles. The maximum Gasteiger partial charge on any atom is 0.0816 e. The molecule has 0 radical (unpaired) electrons. The highest BCUT2D eigenvalue weighted by atomic mass is 32.1. The van der Waals surface area contributed by atoms with E-state index in [4.69, 9.17) is 18.0 Å². The predicted octanol–water partition coefficient (Wildman–Crippen LogP) is 1.47. The third-order valence-electron chi connectivity index (χ3n) is 1.56. The molecule has 0 bridgehead atoms. The first-order chi connectivity index (χ1) is 5.22. The number of hydrogen-bond acceptors (Lipinski definition) is 2. The Bertz CT molecular complexity index is 246. The summed E-state index contributed by atoms with van der Waals surface area (Å²) in [4.78, 5) is 4.62. The summed E-state index contributed by atoms with van der Waals surface area (Å²) in [7, 11) is 0. The van der Waals surface area contributed by atoms with Crippen molar-refractivity contribution in [2.24, 2.45) is 5.73 Å². The van der Waals surface area contributed by atoms with Crippen LogP contribution in [0.4, 0.5) is 0 Å². The van der Waals surface area contributed by atoms with Crippen molar-refractivity contribution in [2.45, 2.75) is 12.8 Å². The van der Waals surface area contributed by atoms with Crippen LogP contribution < -0.4 is 5.73 Å². The molecule has 0 aliphatic rings. The molecule has 1 aromatic rings. The molecular formula is C8H10N2S. The average molecular weight is 166 g/mol. The Balaban J connectivity index is 2.85. The minimum absolute atomic E-state index is 0.0752. The van der Waals surface area contributed by atoms with E-state index in [-0.39, 0.29) is 5.92 Å². The zero-order valence-corrected chi connectivity index (χ0v) is 7.14. The quantitative estimate of drug-likeness (QED) is 0.676. The molecule has 0 spiro atoms. The highest BCUT2D eigenvalue weighted by Gasteiger charge is 2.07. The van der Waals surface area contributed by atoms with Gasteiger partial charge in [0.05, 0.1) is 4.99 Å². The van der Waals surface area contributed by atoms with Gasteiger partial charge in [-0.1, -0.05) is 25.2 Å². The highest BCUT2D eigenvalue weighted by molar-refractivity contribution is 7.80. The molecule has 0 saturated carbocycles. The van der Waals surface area contributed by atoms with Crippen LogP contribution in [0, 0.1) is 0 Å². The van der Waals surface area contributed by atoms with E-state index < -0.39 is 0 Å². The van der Waals surface area contributed by atoms with Gasteiger partial charge in [-0.2, -0.15) is 0 Å². The van der Waals surface area contributed by atoms with Gasteiger partial charge >= 0.3 is 0 Å². The molecule has 1 rings (SSSR count). The number of pyridine rings is 1. The Hall–Kier alpha value is -0.960. The Morgan fingerprint density at radius 2 is 2.36 bits per heavy atom. The number of aromatic nitrogens is 1. The zero-order chi connectivity index (χ0) is 8.27. The van der Waals surface area contributed by atoms with Crippen LogP contribution in [0.25, 0.3) is 0 Å². The largest absolute Gasteiger partial charge is 0.393 e. The van der Waals surface area contributed by atoms with Crippen LogP contribution in [0.1, 0.15) is 18.5 Å². The van der Waals surface area contributed by atoms with Crippen LogP contribution in [0.5, 0.6) is 0 Å². The molecule has 11 heavy (non-hydrogen) atoms. The van der Waals surface area contributed by atoms with E-state index in [0.29, 0.717) is 4.99 Å². The second-order valence-corrected chi connectivity index (χ2v) is 2.85. The summed E-state index contributed by atoms with van der Waals surface area (Å²) in [6, 6.07) is 5.72. The van der Waals surface area contributed by atoms with Crippen LogP contribution in [0.15, 0.2) is 24.4 Å². The molecule has 3 heteroatoms. The van der Waals surface area contributed by atoms with Gasteiger partial charge in [-0.05, 0) is 12.1 Å². The van der Waals surface area contributed by atoms with Gasteiger partial charge in [-0.3, -0.25) is 4.98 Å². The summed E-state index contributed by atoms with van der Waals surface area (Å²) in [5.41, 5.74) is 6.39. The molecular weight excluding hydrogens is 156 g/mol. The molecule has 0 fully saturated rings. The van der Waals surface area contributed by atoms with Crippen molar-refractivity contribution in [3.63, 3.8) is 0 Å². The fraction of sp³-hybridized carbons (Fsp3) is 0.250. The van der Waals surface area contributed by atoms with Crippen molar-refractivity contribution in [3.8, 4) is 0 Å². The van der Waals surface area contributed by atoms with Crippen LogP contribution in [-0.2, 0) is 0 Å². The maximum absolute atomic E-state index is 5.46. The van der Waals surface area contributed by atoms with Gasteiger partial charge in [-0.25, -0.2) is 0 Å². The fourth-order valence-corrected chi connectivity index (χ4v) is 0.899. The summed E-state index contributed by atoms with van der Waals surface area (Å²) < 4.78 is 0. The molecule has 0 aliphatic heterocycles. The summed E-state index contributed by atoms with van der Waals surface area (Å²) in [6.45, 7) is 1.95. The first-order valence-corrected chi connectivity index (χ1v) is 3.83. The second-order valence-electron chi connectivity index (χ2n) is 2.38. The van der Waals surface area contributed by atoms with Gasteiger partial charge in [0.25, 0.3) is 0 Å². The van der Waals surface area contributed by atoms with Gasteiger partial charge < -0.3 is 5.73 Å². The summed E-state index contributed by atoms with van der Waals surface area (Å²) in [5, 5.41) is 0. The zero-order valence-electron chi connectivity index (χ0n) is 6.32. The van der Waals surface area contributed by atoms with Crippen molar-refractivity contribution in [1.82, 2.24) is 4.98 Å². The average Bonchev–Trinajstić information content (AvgIpc) is 2.05. The van der Waals surface area contributed by atoms with Gasteiger partial charge in [-0.15, -0.1) is 0 Å². The van der Waals surface area contributed by atoms with Crippen LogP contribution in [0.2, 0.25) is 0 Å². The van der Waals surface area contributed by atoms with Crippen molar-refractivity contribution in [2.75, 3.05) is 0 Å². The van der Waals surface area contributed by atoms with E-state index in [1.54, 1.807) is 6.20 Å². The van der Waals surface area contributed by atoms with Crippen LogP contribution in [-0.4, -0.2) is 9.97 Å². The minimum Gasteiger partial charge on any atom is -0.393 e. The number of nitrogens with two attached hydrogens (primary N) is 1. The molecule has 1 heterocycles. The topological polar surface area (TPSA) is 38.9 Å². The lowest BCUT2D eigenvalue weighted by Crippen LogP contribution is -2.17. The molecule has 0 aromatic carbocycles. The summed E-state index contributed by atoms with van der Waals surface area (Å²) >= 11 is 4.84. The van der Waals surface area contributed by atoms with E-state index in [2.05, 4.69) is 4.98 Å². The van der Waals surface area contributed by atoms with E-state index in [0.717, 1.165) is 5.69 Å². The maximum atomic E-state index is 5.46. The molecule has 1 aromatic heterocycles. The Morgan fingerprint density at radius 1 is 1.64 bits per heavy atom. The Morgan fingerprint density at radius 3 is 2.82 bits per heavy atom. The standard InChI is InChI=1S/C8H10N2S/c1-6(8(9)11)7-4-2-3-5-10-7/h2-6H,1H3,(H2,9,11)/t6-/m1/s1. The van der Waals surface area contributed by atoms with E-state index in [1.165, 1.54) is 0 Å². The Kier molecular flexibility index (Phi) is 2.54.